The standard InChI is InChI=1S/C20H20N4O2S/c1-3-26-12-13-27-20-22-21-19-23(15-10-8-14(2)9-11-15)18(25)16-6-4-5-7-17(16)24(19)20/h4-11H,3,12-13H2,1-2H3. The fourth-order valence-electron chi connectivity index (χ4n) is 3.03. The monoisotopic (exact) mass is 380 g/mol. The van der Waals surface area contributed by atoms with Crippen molar-refractivity contribution in [3.05, 3.63) is 64.4 Å². The van der Waals surface area contributed by atoms with Gasteiger partial charge in [0, 0.05) is 12.4 Å². The quantitative estimate of drug-likeness (QED) is 0.379. The normalized spacial score (nSPS) is 11.5. The lowest BCUT2D eigenvalue weighted by molar-refractivity contribution is 0.164. The van der Waals surface area contributed by atoms with Gasteiger partial charge in [0.1, 0.15) is 0 Å². The number of thioether (sulfide) groups is 1. The molecule has 0 amide bonds. The van der Waals surface area contributed by atoms with Crippen LogP contribution in [0.25, 0.3) is 22.4 Å². The first-order chi connectivity index (χ1) is 13.2. The average Bonchev–Trinajstić information content (AvgIpc) is 3.10. The Morgan fingerprint density at radius 2 is 1.85 bits per heavy atom. The van der Waals surface area contributed by atoms with E-state index in [4.69, 9.17) is 4.74 Å². The van der Waals surface area contributed by atoms with E-state index in [0.717, 1.165) is 27.7 Å². The van der Waals surface area contributed by atoms with Gasteiger partial charge in [0.25, 0.3) is 5.56 Å². The summed E-state index contributed by atoms with van der Waals surface area (Å²) in [5, 5.41) is 10.1. The summed E-state index contributed by atoms with van der Waals surface area (Å²) in [7, 11) is 0. The van der Waals surface area contributed by atoms with Crippen LogP contribution in [0.1, 0.15) is 12.5 Å². The van der Waals surface area contributed by atoms with Gasteiger partial charge < -0.3 is 4.74 Å². The van der Waals surface area contributed by atoms with Crippen molar-refractivity contribution < 1.29 is 4.74 Å². The summed E-state index contributed by atoms with van der Waals surface area (Å²) in [6, 6.07) is 15.4. The Hall–Kier alpha value is -2.64. The summed E-state index contributed by atoms with van der Waals surface area (Å²) >= 11 is 1.57. The molecule has 0 saturated carbocycles. The molecule has 2 aromatic carbocycles. The van der Waals surface area contributed by atoms with Crippen molar-refractivity contribution in [2.75, 3.05) is 19.0 Å². The molecule has 2 heterocycles. The van der Waals surface area contributed by atoms with Crippen molar-refractivity contribution in [2.45, 2.75) is 19.0 Å². The number of benzene rings is 2. The molecular weight excluding hydrogens is 360 g/mol. The molecule has 0 unspecified atom stereocenters. The van der Waals surface area contributed by atoms with Crippen LogP contribution in [0.4, 0.5) is 0 Å². The lowest BCUT2D eigenvalue weighted by Crippen LogP contribution is -2.21. The van der Waals surface area contributed by atoms with Gasteiger partial charge in [-0.05, 0) is 38.1 Å². The molecule has 7 heteroatoms. The highest BCUT2D eigenvalue weighted by Crippen LogP contribution is 2.23. The van der Waals surface area contributed by atoms with E-state index in [1.165, 1.54) is 0 Å². The third kappa shape index (κ3) is 3.24. The van der Waals surface area contributed by atoms with E-state index in [1.807, 2.05) is 66.8 Å². The Kier molecular flexibility index (Phi) is 4.96. The van der Waals surface area contributed by atoms with Crippen LogP contribution in [0.15, 0.2) is 58.5 Å². The van der Waals surface area contributed by atoms with Gasteiger partial charge in [-0.1, -0.05) is 41.6 Å². The smallest absolute Gasteiger partial charge is 0.267 e. The molecule has 0 N–H and O–H groups in total. The van der Waals surface area contributed by atoms with E-state index in [9.17, 15) is 4.79 Å². The number of nitrogens with zero attached hydrogens (tertiary/aromatic N) is 4. The van der Waals surface area contributed by atoms with E-state index in [0.29, 0.717) is 24.4 Å². The minimum absolute atomic E-state index is 0.0970. The first-order valence-corrected chi connectivity index (χ1v) is 9.85. The van der Waals surface area contributed by atoms with Gasteiger partial charge in [-0.15, -0.1) is 10.2 Å². The third-order valence-corrected chi connectivity index (χ3v) is 5.24. The van der Waals surface area contributed by atoms with Gasteiger partial charge in [0.15, 0.2) is 5.16 Å². The van der Waals surface area contributed by atoms with Gasteiger partial charge >= 0.3 is 0 Å². The zero-order valence-corrected chi connectivity index (χ0v) is 16.1. The van der Waals surface area contributed by atoms with Crippen LogP contribution in [0.2, 0.25) is 0 Å². The Bertz CT molecular complexity index is 1150. The zero-order valence-electron chi connectivity index (χ0n) is 15.3. The minimum atomic E-state index is -0.0970. The summed E-state index contributed by atoms with van der Waals surface area (Å²) < 4.78 is 9.00. The molecule has 0 radical (unpaired) electrons. The zero-order chi connectivity index (χ0) is 18.8. The van der Waals surface area contributed by atoms with Crippen LogP contribution < -0.4 is 5.56 Å². The molecule has 4 aromatic rings. The number of hydrogen-bond acceptors (Lipinski definition) is 5. The highest BCUT2D eigenvalue weighted by molar-refractivity contribution is 7.99. The van der Waals surface area contributed by atoms with Crippen LogP contribution in [0.5, 0.6) is 0 Å². The van der Waals surface area contributed by atoms with Crippen LogP contribution in [0, 0.1) is 6.92 Å². The van der Waals surface area contributed by atoms with Crippen LogP contribution in [-0.4, -0.2) is 38.1 Å². The van der Waals surface area contributed by atoms with Crippen molar-refractivity contribution in [1.29, 1.82) is 0 Å². The van der Waals surface area contributed by atoms with E-state index in [-0.39, 0.29) is 5.56 Å². The fourth-order valence-corrected chi connectivity index (χ4v) is 3.83. The molecule has 0 aliphatic rings. The number of hydrogen-bond donors (Lipinski definition) is 0. The maximum atomic E-state index is 13.2. The summed E-state index contributed by atoms with van der Waals surface area (Å²) in [4.78, 5) is 13.2. The number of ether oxygens (including phenoxy) is 1. The third-order valence-electron chi connectivity index (χ3n) is 4.35. The van der Waals surface area contributed by atoms with Crippen molar-refractivity contribution in [3.63, 3.8) is 0 Å². The SMILES string of the molecule is CCOCCSc1nnc2n(-c3ccc(C)cc3)c(=O)c3ccccc3n12. The molecule has 138 valence electrons. The van der Waals surface area contributed by atoms with Gasteiger partial charge in [-0.25, -0.2) is 4.57 Å². The van der Waals surface area contributed by atoms with Crippen molar-refractivity contribution in [2.24, 2.45) is 0 Å². The molecular formula is C20H20N4O2S. The number of aromatic nitrogens is 4. The Balaban J connectivity index is 1.95. The summed E-state index contributed by atoms with van der Waals surface area (Å²) in [6.45, 7) is 5.33. The first-order valence-electron chi connectivity index (χ1n) is 8.87. The Morgan fingerprint density at radius 3 is 2.63 bits per heavy atom. The molecule has 0 aliphatic heterocycles. The van der Waals surface area contributed by atoms with Gasteiger partial charge in [-0.3, -0.25) is 9.20 Å². The van der Waals surface area contributed by atoms with Crippen LogP contribution in [0.3, 0.4) is 0 Å². The Morgan fingerprint density at radius 1 is 1.07 bits per heavy atom. The fraction of sp³-hybridized carbons (Fsp3) is 0.250. The second-order valence-electron chi connectivity index (χ2n) is 6.16. The highest BCUT2D eigenvalue weighted by Gasteiger charge is 2.17. The molecule has 0 bridgehead atoms. The molecule has 0 atom stereocenters. The topological polar surface area (TPSA) is 61.4 Å². The van der Waals surface area contributed by atoms with Crippen LogP contribution >= 0.6 is 11.8 Å². The largest absolute Gasteiger partial charge is 0.381 e. The number of aryl methyl sites for hydroxylation is 1. The molecule has 4 rings (SSSR count). The van der Waals surface area contributed by atoms with E-state index < -0.39 is 0 Å². The lowest BCUT2D eigenvalue weighted by Gasteiger charge is -2.11. The van der Waals surface area contributed by atoms with E-state index >= 15 is 0 Å². The summed E-state index contributed by atoms with van der Waals surface area (Å²) in [5.74, 6) is 1.29. The number of rotatable bonds is 6. The van der Waals surface area contributed by atoms with Crippen molar-refractivity contribution >= 4 is 28.4 Å². The summed E-state index contributed by atoms with van der Waals surface area (Å²) in [5.41, 5.74) is 2.63. The second kappa shape index (κ2) is 7.54. The summed E-state index contributed by atoms with van der Waals surface area (Å²) in [6.07, 6.45) is 0. The predicted octanol–water partition coefficient (Wildman–Crippen LogP) is 3.47. The molecule has 2 aromatic heterocycles. The van der Waals surface area contributed by atoms with Crippen LogP contribution in [-0.2, 0) is 4.74 Å². The van der Waals surface area contributed by atoms with E-state index in [2.05, 4.69) is 10.2 Å². The minimum Gasteiger partial charge on any atom is -0.381 e. The molecule has 0 aliphatic carbocycles. The molecule has 0 spiro atoms. The molecule has 27 heavy (non-hydrogen) atoms. The van der Waals surface area contributed by atoms with E-state index in [1.54, 1.807) is 16.3 Å². The highest BCUT2D eigenvalue weighted by atomic mass is 32.2. The number of fused-ring (bicyclic) bond motifs is 3. The Labute approximate surface area is 160 Å². The molecule has 0 fully saturated rings. The number of para-hydroxylation sites is 1. The molecule has 6 nitrogen and oxygen atoms in total. The van der Waals surface area contributed by atoms with Crippen molar-refractivity contribution in [1.82, 2.24) is 19.2 Å². The maximum absolute atomic E-state index is 13.2. The second-order valence-corrected chi connectivity index (χ2v) is 7.22. The van der Waals surface area contributed by atoms with Gasteiger partial charge in [-0.2, -0.15) is 0 Å². The van der Waals surface area contributed by atoms with Gasteiger partial charge in [0.2, 0.25) is 5.78 Å². The predicted molar refractivity (Wildman–Crippen MR) is 108 cm³/mol. The molecule has 0 saturated heterocycles. The lowest BCUT2D eigenvalue weighted by atomic mass is 10.2. The first kappa shape index (κ1) is 17.8. The maximum Gasteiger partial charge on any atom is 0.267 e. The average molecular weight is 380 g/mol. The van der Waals surface area contributed by atoms with Gasteiger partial charge in [0.05, 0.1) is 23.2 Å². The van der Waals surface area contributed by atoms with Crippen molar-refractivity contribution in [3.8, 4) is 5.69 Å².